The number of aromatic nitrogens is 3. The van der Waals surface area contributed by atoms with E-state index >= 15 is 0 Å². The fraction of sp³-hybridized carbons (Fsp3) is 0. The highest BCUT2D eigenvalue weighted by Crippen LogP contribution is 2.27. The molecule has 7 heteroatoms. The second kappa shape index (κ2) is 4.81. The van der Waals surface area contributed by atoms with Crippen LogP contribution in [-0.4, -0.2) is 19.5 Å². The van der Waals surface area contributed by atoms with Gasteiger partial charge >= 0.3 is 0 Å². The third-order valence-electron chi connectivity index (χ3n) is 3.19. The van der Waals surface area contributed by atoms with Gasteiger partial charge in [0.15, 0.2) is 0 Å². The van der Waals surface area contributed by atoms with Crippen molar-refractivity contribution in [2.24, 2.45) is 4.99 Å². The Bertz CT molecular complexity index is 1050. The summed E-state index contributed by atoms with van der Waals surface area (Å²) in [7, 11) is 0. The van der Waals surface area contributed by atoms with Gasteiger partial charge < -0.3 is 10.8 Å². The lowest BCUT2D eigenvalue weighted by Crippen LogP contribution is -2.20. The lowest BCUT2D eigenvalue weighted by atomic mass is 10.3. The minimum atomic E-state index is 0.172. The van der Waals surface area contributed by atoms with E-state index in [-0.39, 0.29) is 11.7 Å². The van der Waals surface area contributed by atoms with E-state index in [0.717, 1.165) is 15.9 Å². The fourth-order valence-corrected chi connectivity index (χ4v) is 3.30. The summed E-state index contributed by atoms with van der Waals surface area (Å²) >= 11 is 1.43. The second-order valence-electron chi connectivity index (χ2n) is 4.70. The number of nitrogen functional groups attached to an aromatic ring is 1. The molecule has 0 saturated carbocycles. The number of hydrogen-bond acceptors (Lipinski definition) is 6. The number of phenols is 1. The summed E-state index contributed by atoms with van der Waals surface area (Å²) in [4.78, 5) is 13.7. The van der Waals surface area contributed by atoms with Crippen molar-refractivity contribution < 1.29 is 5.11 Å². The van der Waals surface area contributed by atoms with Gasteiger partial charge in [-0.15, -0.1) is 0 Å². The largest absolute Gasteiger partial charge is 0.508 e. The van der Waals surface area contributed by atoms with Crippen LogP contribution >= 0.6 is 11.3 Å². The van der Waals surface area contributed by atoms with Crippen molar-refractivity contribution in [1.82, 2.24) is 14.4 Å². The van der Waals surface area contributed by atoms with Crippen LogP contribution in [-0.2, 0) is 0 Å². The van der Waals surface area contributed by atoms with Crippen LogP contribution in [0.5, 0.6) is 5.75 Å². The van der Waals surface area contributed by atoms with E-state index < -0.39 is 0 Å². The first-order chi connectivity index (χ1) is 10.7. The summed E-state index contributed by atoms with van der Waals surface area (Å²) in [6, 6.07) is 14.7. The van der Waals surface area contributed by atoms with Crippen molar-refractivity contribution in [3.63, 3.8) is 0 Å². The van der Waals surface area contributed by atoms with Gasteiger partial charge in [-0.3, -0.25) is 4.40 Å². The summed E-state index contributed by atoms with van der Waals surface area (Å²) in [5.74, 6) is 0.382. The zero-order valence-corrected chi connectivity index (χ0v) is 12.2. The van der Waals surface area contributed by atoms with Gasteiger partial charge in [0, 0.05) is 0 Å². The maximum atomic E-state index is 9.63. The molecule has 0 radical (unpaired) electrons. The molecule has 0 spiro atoms. The first kappa shape index (κ1) is 12.8. The highest BCUT2D eigenvalue weighted by Gasteiger charge is 2.09. The maximum absolute atomic E-state index is 9.63. The molecule has 2 heterocycles. The van der Waals surface area contributed by atoms with Gasteiger partial charge in [0.1, 0.15) is 5.75 Å². The second-order valence-corrected chi connectivity index (χ2v) is 5.71. The van der Waals surface area contributed by atoms with Gasteiger partial charge in [0.2, 0.25) is 16.5 Å². The molecule has 2 aromatic carbocycles. The minimum Gasteiger partial charge on any atom is -0.508 e. The molecule has 0 amide bonds. The van der Waals surface area contributed by atoms with Crippen molar-refractivity contribution in [3.8, 4) is 5.75 Å². The van der Waals surface area contributed by atoms with Crippen molar-refractivity contribution in [1.29, 1.82) is 0 Å². The number of nitrogens with two attached hydrogens (primary N) is 1. The summed E-state index contributed by atoms with van der Waals surface area (Å²) in [6.07, 6.45) is 0. The van der Waals surface area contributed by atoms with E-state index in [1.807, 2.05) is 40.8 Å². The molecule has 2 aromatic heterocycles. The van der Waals surface area contributed by atoms with Crippen LogP contribution < -0.4 is 11.4 Å². The Balaban J connectivity index is 2.13. The molecule has 4 aromatic rings. The Morgan fingerprint density at radius 1 is 1.09 bits per heavy atom. The lowest BCUT2D eigenvalue weighted by Gasteiger charge is -1.99. The number of anilines is 1. The Morgan fingerprint density at radius 3 is 2.73 bits per heavy atom. The summed E-state index contributed by atoms with van der Waals surface area (Å²) < 4.78 is 2.73. The predicted molar refractivity (Wildman–Crippen MR) is 86.1 cm³/mol. The van der Waals surface area contributed by atoms with Crippen LogP contribution in [0.15, 0.2) is 53.5 Å². The van der Waals surface area contributed by atoms with E-state index in [2.05, 4.69) is 15.0 Å². The Hall–Kier alpha value is -2.93. The molecule has 0 aliphatic rings. The zero-order chi connectivity index (χ0) is 15.1. The first-order valence-corrected chi connectivity index (χ1v) is 7.40. The van der Waals surface area contributed by atoms with Crippen LogP contribution in [0.3, 0.4) is 0 Å². The van der Waals surface area contributed by atoms with Crippen molar-refractivity contribution >= 4 is 38.2 Å². The number of benzene rings is 2. The van der Waals surface area contributed by atoms with Gasteiger partial charge in [-0.2, -0.15) is 9.97 Å². The van der Waals surface area contributed by atoms with Crippen LogP contribution in [0, 0.1) is 0 Å². The molecule has 0 aliphatic heterocycles. The van der Waals surface area contributed by atoms with Gasteiger partial charge in [0.25, 0.3) is 0 Å². The zero-order valence-electron chi connectivity index (χ0n) is 11.3. The predicted octanol–water partition coefficient (Wildman–Crippen LogP) is 2.46. The normalized spacial score (nSPS) is 12.3. The molecular weight excluding hydrogens is 298 g/mol. The van der Waals surface area contributed by atoms with Crippen molar-refractivity contribution in [2.45, 2.75) is 0 Å². The molecule has 6 nitrogen and oxygen atoms in total. The third kappa shape index (κ3) is 2.08. The van der Waals surface area contributed by atoms with E-state index in [9.17, 15) is 5.11 Å². The Morgan fingerprint density at radius 2 is 1.91 bits per heavy atom. The summed E-state index contributed by atoms with van der Waals surface area (Å²) in [6.45, 7) is 0. The number of hydrogen-bond donors (Lipinski definition) is 2. The third-order valence-corrected chi connectivity index (χ3v) is 4.19. The lowest BCUT2D eigenvalue weighted by molar-refractivity contribution is 0.476. The molecule has 0 saturated heterocycles. The fourth-order valence-electron chi connectivity index (χ4n) is 2.25. The topological polar surface area (TPSA) is 88.8 Å². The van der Waals surface area contributed by atoms with E-state index in [4.69, 9.17) is 5.73 Å². The van der Waals surface area contributed by atoms with Crippen molar-refractivity contribution in [2.75, 3.05) is 5.73 Å². The molecular formula is C15H11N5OS. The average molecular weight is 309 g/mol. The van der Waals surface area contributed by atoms with Crippen LogP contribution in [0.1, 0.15) is 0 Å². The Labute approximate surface area is 128 Å². The van der Waals surface area contributed by atoms with E-state index in [0.29, 0.717) is 10.6 Å². The standard InChI is InChI=1S/C15H11N5OS/c16-13-18-14(17-9-4-2-1-3-5-9)20-11-7-6-10(21)8-12(11)22-15(20)19-13/h1-8,21H,(H2,16,17,18). The molecule has 0 unspecified atom stereocenters. The molecule has 108 valence electrons. The highest BCUT2D eigenvalue weighted by atomic mass is 32.1. The van der Waals surface area contributed by atoms with Crippen LogP contribution in [0.4, 0.5) is 11.6 Å². The molecule has 4 rings (SSSR count). The number of nitrogens with zero attached hydrogens (tertiary/aromatic N) is 4. The first-order valence-electron chi connectivity index (χ1n) is 6.58. The summed E-state index contributed by atoms with van der Waals surface area (Å²) in [5, 5.41) is 9.63. The van der Waals surface area contributed by atoms with Gasteiger partial charge in [-0.05, 0) is 30.3 Å². The van der Waals surface area contributed by atoms with Crippen molar-refractivity contribution in [3.05, 3.63) is 54.1 Å². The van der Waals surface area contributed by atoms with E-state index in [1.165, 1.54) is 11.3 Å². The SMILES string of the molecule is Nc1n/c(=N\c2ccccc2)n2c(n1)sc1cc(O)ccc12. The molecule has 22 heavy (non-hydrogen) atoms. The maximum Gasteiger partial charge on any atom is 0.240 e. The van der Waals surface area contributed by atoms with Gasteiger partial charge in [0.05, 0.1) is 15.9 Å². The van der Waals surface area contributed by atoms with Gasteiger partial charge in [-0.25, -0.2) is 4.99 Å². The number of aromatic hydroxyl groups is 1. The molecule has 0 fully saturated rings. The minimum absolute atomic E-state index is 0.172. The molecule has 0 bridgehead atoms. The average Bonchev–Trinajstić information content (AvgIpc) is 2.85. The smallest absolute Gasteiger partial charge is 0.240 e. The summed E-state index contributed by atoms with van der Waals surface area (Å²) in [5.41, 5.74) is 7.92. The van der Waals surface area contributed by atoms with Crippen LogP contribution in [0.2, 0.25) is 0 Å². The van der Waals surface area contributed by atoms with E-state index in [1.54, 1.807) is 12.1 Å². The highest BCUT2D eigenvalue weighted by molar-refractivity contribution is 7.23. The number of para-hydroxylation sites is 1. The number of rotatable bonds is 1. The number of fused-ring (bicyclic) bond motifs is 3. The molecule has 0 aliphatic carbocycles. The quantitative estimate of drug-likeness (QED) is 0.565. The molecule has 0 atom stereocenters. The van der Waals surface area contributed by atoms with Gasteiger partial charge in [-0.1, -0.05) is 29.5 Å². The Kier molecular flexibility index (Phi) is 2.80. The monoisotopic (exact) mass is 309 g/mol. The number of thiazole rings is 1. The number of phenolic OH excluding ortho intramolecular Hbond substituents is 1. The van der Waals surface area contributed by atoms with Crippen LogP contribution in [0.25, 0.3) is 15.2 Å². The molecule has 3 N–H and O–H groups in total.